The number of H-pyrrole nitrogens is 2. The number of nitrogens with one attached hydrogen (secondary N) is 2. The van der Waals surface area contributed by atoms with Gasteiger partial charge in [-0.05, 0) is 11.6 Å². The molecule has 6 nitrogen and oxygen atoms in total. The van der Waals surface area contributed by atoms with Gasteiger partial charge < -0.3 is 0 Å². The highest BCUT2D eigenvalue weighted by atomic mass is 16.2. The van der Waals surface area contributed by atoms with Crippen LogP contribution in [0.15, 0.2) is 46.2 Å². The molecule has 0 bridgehead atoms. The molecule has 0 saturated carbocycles. The smallest absolute Gasteiger partial charge is 0.292 e. The topological polar surface area (TPSA) is 83.5 Å². The second-order valence-electron chi connectivity index (χ2n) is 3.98. The Hall–Kier alpha value is -2.89. The fraction of sp³-hybridized carbons (Fsp3) is 0. The lowest BCUT2D eigenvalue weighted by molar-refractivity contribution is 1.05. The molecular formula is C13H10N4O2. The second kappa shape index (κ2) is 4.41. The molecule has 94 valence electrons. The Morgan fingerprint density at radius 3 is 2.68 bits per heavy atom. The van der Waals surface area contributed by atoms with Crippen LogP contribution in [-0.4, -0.2) is 19.5 Å². The van der Waals surface area contributed by atoms with Gasteiger partial charge in [0.2, 0.25) is 0 Å². The predicted molar refractivity (Wildman–Crippen MR) is 72.6 cm³/mol. The van der Waals surface area contributed by atoms with E-state index in [0.29, 0.717) is 5.65 Å². The minimum atomic E-state index is -0.549. The molecule has 0 spiro atoms. The first-order valence-corrected chi connectivity index (χ1v) is 5.66. The first kappa shape index (κ1) is 11.2. The summed E-state index contributed by atoms with van der Waals surface area (Å²) >= 11 is 0. The van der Waals surface area contributed by atoms with Gasteiger partial charge in [-0.2, -0.15) is 0 Å². The molecule has 0 unspecified atom stereocenters. The van der Waals surface area contributed by atoms with Crippen molar-refractivity contribution in [3.63, 3.8) is 0 Å². The fourth-order valence-electron chi connectivity index (χ4n) is 1.80. The highest BCUT2D eigenvalue weighted by molar-refractivity contribution is 5.74. The van der Waals surface area contributed by atoms with Crippen LogP contribution in [0.2, 0.25) is 0 Å². The molecule has 0 amide bonds. The molecule has 3 rings (SSSR count). The number of fused-ring (bicyclic) bond motifs is 1. The maximum absolute atomic E-state index is 11.5. The molecule has 0 saturated heterocycles. The van der Waals surface area contributed by atoms with Crippen molar-refractivity contribution in [1.82, 2.24) is 19.5 Å². The van der Waals surface area contributed by atoms with Crippen LogP contribution in [0.4, 0.5) is 0 Å². The standard InChI is InChI=1S/C13H10N4O2/c18-12-10-11(15-13(19)16-12)17(8-14-10)7-6-9-4-2-1-3-5-9/h1-8H,(H2,15,16,18,19). The van der Waals surface area contributed by atoms with Crippen LogP contribution in [0.5, 0.6) is 0 Å². The van der Waals surface area contributed by atoms with Crippen LogP contribution in [0.25, 0.3) is 23.4 Å². The van der Waals surface area contributed by atoms with Crippen molar-refractivity contribution in [3.8, 4) is 0 Å². The average molecular weight is 254 g/mol. The molecule has 0 aliphatic rings. The lowest BCUT2D eigenvalue weighted by Gasteiger charge is -1.96. The van der Waals surface area contributed by atoms with E-state index in [1.54, 1.807) is 10.8 Å². The van der Waals surface area contributed by atoms with E-state index in [1.165, 1.54) is 6.33 Å². The SMILES string of the molecule is O=c1[nH]c(=O)c2ncn(C=Cc3ccccc3)c2[nH]1. The van der Waals surface area contributed by atoms with E-state index in [-0.39, 0.29) is 5.52 Å². The minimum Gasteiger partial charge on any atom is -0.292 e. The average Bonchev–Trinajstić information content (AvgIpc) is 2.81. The van der Waals surface area contributed by atoms with Crippen molar-refractivity contribution in [2.75, 3.05) is 0 Å². The Labute approximate surface area is 107 Å². The van der Waals surface area contributed by atoms with Crippen LogP contribution in [0.1, 0.15) is 5.56 Å². The van der Waals surface area contributed by atoms with Gasteiger partial charge in [0.25, 0.3) is 5.56 Å². The number of aromatic nitrogens is 4. The van der Waals surface area contributed by atoms with E-state index < -0.39 is 11.2 Å². The molecule has 0 atom stereocenters. The van der Waals surface area contributed by atoms with Crippen molar-refractivity contribution in [3.05, 3.63) is 63.1 Å². The summed E-state index contributed by atoms with van der Waals surface area (Å²) < 4.78 is 1.60. The lowest BCUT2D eigenvalue weighted by Crippen LogP contribution is -2.22. The number of hydrogen-bond donors (Lipinski definition) is 2. The summed E-state index contributed by atoms with van der Waals surface area (Å²) in [4.78, 5) is 31.4. The number of nitrogens with zero attached hydrogens (tertiary/aromatic N) is 2. The quantitative estimate of drug-likeness (QED) is 0.716. The first-order valence-electron chi connectivity index (χ1n) is 5.66. The summed E-state index contributed by atoms with van der Waals surface area (Å²) in [5.74, 6) is 0. The van der Waals surface area contributed by atoms with Crippen molar-refractivity contribution in [2.45, 2.75) is 0 Å². The number of imidazole rings is 1. The summed E-state index contributed by atoms with van der Waals surface area (Å²) in [6.45, 7) is 0. The summed E-state index contributed by atoms with van der Waals surface area (Å²) in [5, 5.41) is 0. The van der Waals surface area contributed by atoms with Gasteiger partial charge in [0.05, 0.1) is 0 Å². The largest absolute Gasteiger partial charge is 0.327 e. The summed E-state index contributed by atoms with van der Waals surface area (Å²) in [6, 6.07) is 9.69. The molecule has 2 N–H and O–H groups in total. The van der Waals surface area contributed by atoms with Crippen LogP contribution >= 0.6 is 0 Å². The van der Waals surface area contributed by atoms with Crippen molar-refractivity contribution in [2.24, 2.45) is 0 Å². The van der Waals surface area contributed by atoms with Crippen LogP contribution in [0.3, 0.4) is 0 Å². The van der Waals surface area contributed by atoms with Crippen LogP contribution in [-0.2, 0) is 0 Å². The zero-order chi connectivity index (χ0) is 13.2. The molecular weight excluding hydrogens is 244 g/mol. The highest BCUT2D eigenvalue weighted by Crippen LogP contribution is 2.06. The van der Waals surface area contributed by atoms with Gasteiger partial charge in [0.1, 0.15) is 6.33 Å². The number of rotatable bonds is 2. The van der Waals surface area contributed by atoms with E-state index in [0.717, 1.165) is 5.56 Å². The van der Waals surface area contributed by atoms with Gasteiger partial charge in [-0.25, -0.2) is 9.78 Å². The molecule has 0 aliphatic carbocycles. The third-order valence-corrected chi connectivity index (χ3v) is 2.69. The Morgan fingerprint density at radius 2 is 1.89 bits per heavy atom. The van der Waals surface area contributed by atoms with Gasteiger partial charge in [0.15, 0.2) is 11.2 Å². The van der Waals surface area contributed by atoms with Gasteiger partial charge in [0, 0.05) is 6.20 Å². The monoisotopic (exact) mass is 254 g/mol. The number of benzene rings is 1. The van der Waals surface area contributed by atoms with Crippen molar-refractivity contribution >= 4 is 23.4 Å². The normalized spacial score (nSPS) is 11.4. The van der Waals surface area contributed by atoms with Gasteiger partial charge in [-0.3, -0.25) is 19.3 Å². The van der Waals surface area contributed by atoms with E-state index >= 15 is 0 Å². The Morgan fingerprint density at radius 1 is 1.11 bits per heavy atom. The van der Waals surface area contributed by atoms with Crippen molar-refractivity contribution in [1.29, 1.82) is 0 Å². The minimum absolute atomic E-state index is 0.206. The second-order valence-corrected chi connectivity index (χ2v) is 3.98. The Balaban J connectivity index is 2.10. The zero-order valence-corrected chi connectivity index (χ0v) is 9.83. The maximum atomic E-state index is 11.5. The molecule has 2 aromatic heterocycles. The molecule has 0 radical (unpaired) electrons. The zero-order valence-electron chi connectivity index (χ0n) is 9.83. The maximum Gasteiger partial charge on any atom is 0.327 e. The summed E-state index contributed by atoms with van der Waals surface area (Å²) in [5.41, 5.74) is 0.549. The molecule has 2 heterocycles. The lowest BCUT2D eigenvalue weighted by atomic mass is 10.2. The first-order chi connectivity index (χ1) is 9.24. The van der Waals surface area contributed by atoms with E-state index in [1.807, 2.05) is 36.4 Å². The molecule has 19 heavy (non-hydrogen) atoms. The Kier molecular flexibility index (Phi) is 2.60. The Bertz CT molecular complexity index is 855. The van der Waals surface area contributed by atoms with Gasteiger partial charge in [-0.1, -0.05) is 30.3 Å². The third-order valence-electron chi connectivity index (χ3n) is 2.69. The van der Waals surface area contributed by atoms with E-state index in [9.17, 15) is 9.59 Å². The highest BCUT2D eigenvalue weighted by Gasteiger charge is 2.05. The predicted octanol–water partition coefficient (Wildman–Crippen LogP) is 1.04. The molecule has 0 fully saturated rings. The molecule has 6 heteroatoms. The fourth-order valence-corrected chi connectivity index (χ4v) is 1.80. The molecule has 1 aromatic carbocycles. The summed E-state index contributed by atoms with van der Waals surface area (Å²) in [7, 11) is 0. The van der Waals surface area contributed by atoms with Gasteiger partial charge >= 0.3 is 5.69 Å². The molecule has 3 aromatic rings. The van der Waals surface area contributed by atoms with Gasteiger partial charge in [-0.15, -0.1) is 0 Å². The van der Waals surface area contributed by atoms with Crippen LogP contribution < -0.4 is 11.2 Å². The number of hydrogen-bond acceptors (Lipinski definition) is 3. The summed E-state index contributed by atoms with van der Waals surface area (Å²) in [6.07, 6.45) is 5.08. The van der Waals surface area contributed by atoms with E-state index in [4.69, 9.17) is 0 Å². The third kappa shape index (κ3) is 2.11. The number of aromatic amines is 2. The van der Waals surface area contributed by atoms with E-state index in [2.05, 4.69) is 15.0 Å². The molecule has 0 aliphatic heterocycles. The van der Waals surface area contributed by atoms with Crippen molar-refractivity contribution < 1.29 is 0 Å². The van der Waals surface area contributed by atoms with Crippen LogP contribution in [0, 0.1) is 0 Å².